The molecule has 1 fully saturated rings. The van der Waals surface area contributed by atoms with Gasteiger partial charge in [-0.3, -0.25) is 15.0 Å². The summed E-state index contributed by atoms with van der Waals surface area (Å²) >= 11 is 1.48. The standard InChI is InChI=1S/C23H25N3O3S/c1-16-21(18-6-8-20(28-2)9-7-18)24-23(30-16)25-22(27)19-5-3-4-17(14-19)15-26-10-12-29-13-11-26/h3-9,14H,10-13,15H2,1-2H3,(H,24,25,27). The van der Waals surface area contributed by atoms with E-state index < -0.39 is 0 Å². The van der Waals surface area contributed by atoms with E-state index in [9.17, 15) is 4.79 Å². The third-order valence-electron chi connectivity index (χ3n) is 5.08. The third-order valence-corrected chi connectivity index (χ3v) is 5.97. The summed E-state index contributed by atoms with van der Waals surface area (Å²) < 4.78 is 10.6. The molecule has 0 unspecified atom stereocenters. The van der Waals surface area contributed by atoms with Gasteiger partial charge < -0.3 is 9.47 Å². The number of rotatable bonds is 6. The first-order chi connectivity index (χ1) is 14.6. The molecule has 1 saturated heterocycles. The second-order valence-corrected chi connectivity index (χ2v) is 8.40. The van der Waals surface area contributed by atoms with Gasteiger partial charge in [-0.25, -0.2) is 4.98 Å². The lowest BCUT2D eigenvalue weighted by atomic mass is 10.1. The lowest BCUT2D eigenvalue weighted by molar-refractivity contribution is 0.0342. The number of ether oxygens (including phenoxy) is 2. The van der Waals surface area contributed by atoms with Crippen LogP contribution in [-0.2, 0) is 11.3 Å². The average molecular weight is 424 g/mol. The molecule has 6 nitrogen and oxygen atoms in total. The SMILES string of the molecule is COc1ccc(-c2nc(NC(=O)c3cccc(CN4CCOCC4)c3)sc2C)cc1. The van der Waals surface area contributed by atoms with Gasteiger partial charge in [-0.15, -0.1) is 11.3 Å². The minimum Gasteiger partial charge on any atom is -0.497 e. The van der Waals surface area contributed by atoms with Gasteiger partial charge in [0.25, 0.3) is 5.91 Å². The fourth-order valence-corrected chi connectivity index (χ4v) is 4.30. The average Bonchev–Trinajstić information content (AvgIpc) is 3.14. The molecule has 0 spiro atoms. The molecule has 2 heterocycles. The van der Waals surface area contributed by atoms with E-state index in [1.807, 2.05) is 49.4 Å². The number of carbonyl (C=O) groups is 1. The van der Waals surface area contributed by atoms with Crippen molar-refractivity contribution >= 4 is 22.4 Å². The van der Waals surface area contributed by atoms with Crippen LogP contribution < -0.4 is 10.1 Å². The van der Waals surface area contributed by atoms with Gasteiger partial charge in [0.05, 0.1) is 26.0 Å². The number of nitrogens with zero attached hydrogens (tertiary/aromatic N) is 2. The number of methoxy groups -OCH3 is 1. The van der Waals surface area contributed by atoms with Crippen LogP contribution in [0.1, 0.15) is 20.8 Å². The molecule has 0 aliphatic carbocycles. The molecule has 1 aromatic heterocycles. The first kappa shape index (κ1) is 20.5. The normalized spacial score (nSPS) is 14.5. The summed E-state index contributed by atoms with van der Waals surface area (Å²) in [5.74, 6) is 0.658. The summed E-state index contributed by atoms with van der Waals surface area (Å²) in [5.41, 5.74) is 3.63. The Morgan fingerprint density at radius 2 is 1.97 bits per heavy atom. The van der Waals surface area contributed by atoms with E-state index in [1.54, 1.807) is 7.11 Å². The van der Waals surface area contributed by atoms with Crippen LogP contribution in [0.15, 0.2) is 48.5 Å². The smallest absolute Gasteiger partial charge is 0.257 e. The van der Waals surface area contributed by atoms with E-state index in [2.05, 4.69) is 21.3 Å². The Hall–Kier alpha value is -2.74. The minimum absolute atomic E-state index is 0.145. The Bertz CT molecular complexity index is 1010. The van der Waals surface area contributed by atoms with Crippen molar-refractivity contribution in [3.63, 3.8) is 0 Å². The molecule has 2 aromatic carbocycles. The highest BCUT2D eigenvalue weighted by atomic mass is 32.1. The molecule has 30 heavy (non-hydrogen) atoms. The number of aryl methyl sites for hydroxylation is 1. The van der Waals surface area contributed by atoms with Crippen LogP contribution in [0.4, 0.5) is 5.13 Å². The highest BCUT2D eigenvalue weighted by molar-refractivity contribution is 7.16. The third kappa shape index (κ3) is 4.87. The topological polar surface area (TPSA) is 63.7 Å². The number of amides is 1. The largest absolute Gasteiger partial charge is 0.497 e. The number of benzene rings is 2. The van der Waals surface area contributed by atoms with Gasteiger partial charge in [-0.1, -0.05) is 12.1 Å². The number of carbonyl (C=O) groups excluding carboxylic acids is 1. The van der Waals surface area contributed by atoms with Crippen molar-refractivity contribution in [1.29, 1.82) is 0 Å². The van der Waals surface area contributed by atoms with E-state index in [-0.39, 0.29) is 5.91 Å². The monoisotopic (exact) mass is 423 g/mol. The first-order valence-corrected chi connectivity index (χ1v) is 10.8. The minimum atomic E-state index is -0.145. The van der Waals surface area contributed by atoms with Crippen molar-refractivity contribution in [2.45, 2.75) is 13.5 Å². The summed E-state index contributed by atoms with van der Waals surface area (Å²) in [6, 6.07) is 15.5. The molecular formula is C23H25N3O3S. The van der Waals surface area contributed by atoms with Crippen LogP contribution >= 0.6 is 11.3 Å². The number of hydrogen-bond donors (Lipinski definition) is 1. The van der Waals surface area contributed by atoms with Crippen molar-refractivity contribution in [3.8, 4) is 17.0 Å². The molecule has 0 atom stereocenters. The zero-order valence-corrected chi connectivity index (χ0v) is 18.0. The van der Waals surface area contributed by atoms with E-state index >= 15 is 0 Å². The second kappa shape index (κ2) is 9.38. The van der Waals surface area contributed by atoms with Crippen LogP contribution in [0, 0.1) is 6.92 Å². The van der Waals surface area contributed by atoms with Gasteiger partial charge in [-0.2, -0.15) is 0 Å². The van der Waals surface area contributed by atoms with Crippen molar-refractivity contribution in [2.75, 3.05) is 38.7 Å². The van der Waals surface area contributed by atoms with Gasteiger partial charge >= 0.3 is 0 Å². The fourth-order valence-electron chi connectivity index (χ4n) is 3.46. The van der Waals surface area contributed by atoms with Crippen molar-refractivity contribution in [3.05, 3.63) is 64.5 Å². The van der Waals surface area contributed by atoms with Gasteiger partial charge in [0.15, 0.2) is 5.13 Å². The summed E-state index contributed by atoms with van der Waals surface area (Å²) in [5, 5.41) is 3.55. The Labute approximate surface area is 180 Å². The molecule has 1 N–H and O–H groups in total. The maximum absolute atomic E-state index is 12.8. The molecule has 0 radical (unpaired) electrons. The Kier molecular flexibility index (Phi) is 6.42. The number of nitrogens with one attached hydrogen (secondary N) is 1. The Morgan fingerprint density at radius 3 is 2.70 bits per heavy atom. The molecule has 7 heteroatoms. The van der Waals surface area contributed by atoms with Gasteiger partial charge in [0, 0.05) is 35.6 Å². The Balaban J connectivity index is 1.45. The number of morpholine rings is 1. The maximum atomic E-state index is 12.8. The molecule has 4 rings (SSSR count). The van der Waals surface area contributed by atoms with Gasteiger partial charge in [0.1, 0.15) is 5.75 Å². The highest BCUT2D eigenvalue weighted by Crippen LogP contribution is 2.31. The summed E-state index contributed by atoms with van der Waals surface area (Å²) in [4.78, 5) is 20.8. The summed E-state index contributed by atoms with van der Waals surface area (Å²) in [7, 11) is 1.65. The number of anilines is 1. The van der Waals surface area contributed by atoms with Crippen molar-refractivity contribution < 1.29 is 14.3 Å². The molecule has 1 amide bonds. The predicted octanol–water partition coefficient (Wildman–Crippen LogP) is 4.21. The zero-order valence-electron chi connectivity index (χ0n) is 17.2. The fraction of sp³-hybridized carbons (Fsp3) is 0.304. The van der Waals surface area contributed by atoms with Crippen molar-refractivity contribution in [2.24, 2.45) is 0 Å². The van der Waals surface area contributed by atoms with E-state index in [1.165, 1.54) is 11.3 Å². The van der Waals surface area contributed by atoms with Crippen LogP contribution in [0.25, 0.3) is 11.3 Å². The molecule has 1 aliphatic heterocycles. The molecule has 0 bridgehead atoms. The van der Waals surface area contributed by atoms with Crippen LogP contribution in [-0.4, -0.2) is 49.2 Å². The van der Waals surface area contributed by atoms with Crippen LogP contribution in [0.3, 0.4) is 0 Å². The Morgan fingerprint density at radius 1 is 1.20 bits per heavy atom. The van der Waals surface area contributed by atoms with Crippen LogP contribution in [0.5, 0.6) is 5.75 Å². The number of hydrogen-bond acceptors (Lipinski definition) is 6. The quantitative estimate of drug-likeness (QED) is 0.643. The molecule has 3 aromatic rings. The molecule has 1 aliphatic rings. The second-order valence-electron chi connectivity index (χ2n) is 7.20. The van der Waals surface area contributed by atoms with Crippen LogP contribution in [0.2, 0.25) is 0 Å². The zero-order chi connectivity index (χ0) is 20.9. The summed E-state index contributed by atoms with van der Waals surface area (Å²) in [6.45, 7) is 6.20. The van der Waals surface area contributed by atoms with E-state index in [0.717, 1.165) is 60.3 Å². The number of thiazole rings is 1. The maximum Gasteiger partial charge on any atom is 0.257 e. The molecule has 156 valence electrons. The van der Waals surface area contributed by atoms with Gasteiger partial charge in [-0.05, 0) is 48.9 Å². The predicted molar refractivity (Wildman–Crippen MR) is 119 cm³/mol. The summed E-state index contributed by atoms with van der Waals surface area (Å²) in [6.07, 6.45) is 0. The molecular weight excluding hydrogens is 398 g/mol. The molecule has 0 saturated carbocycles. The lowest BCUT2D eigenvalue weighted by Crippen LogP contribution is -2.35. The first-order valence-electron chi connectivity index (χ1n) is 9.94. The highest BCUT2D eigenvalue weighted by Gasteiger charge is 2.15. The van der Waals surface area contributed by atoms with E-state index in [0.29, 0.717) is 10.7 Å². The van der Waals surface area contributed by atoms with E-state index in [4.69, 9.17) is 9.47 Å². The number of aromatic nitrogens is 1. The lowest BCUT2D eigenvalue weighted by Gasteiger charge is -2.26. The van der Waals surface area contributed by atoms with Gasteiger partial charge in [0.2, 0.25) is 0 Å². The van der Waals surface area contributed by atoms with Crippen molar-refractivity contribution in [1.82, 2.24) is 9.88 Å².